The smallest absolute Gasteiger partial charge is 0.338 e. The Labute approximate surface area is 151 Å². The van der Waals surface area contributed by atoms with Crippen LogP contribution in [0.15, 0.2) is 48.5 Å². The number of benzene rings is 2. The van der Waals surface area contributed by atoms with Crippen LogP contribution in [0, 0.1) is 6.92 Å². The molecule has 3 nitrogen and oxygen atoms in total. The minimum absolute atomic E-state index is 0. The summed E-state index contributed by atoms with van der Waals surface area (Å²) in [6.45, 7) is 9.52. The number of carbonyl (C=O) groups is 1. The van der Waals surface area contributed by atoms with E-state index in [0.29, 0.717) is 12.2 Å². The fourth-order valence-corrected chi connectivity index (χ4v) is 2.46. The highest BCUT2D eigenvalue weighted by molar-refractivity contribution is 5.89. The van der Waals surface area contributed by atoms with E-state index in [1.165, 1.54) is 5.56 Å². The van der Waals surface area contributed by atoms with E-state index in [9.17, 15) is 4.79 Å². The van der Waals surface area contributed by atoms with Crippen LogP contribution in [0.2, 0.25) is 0 Å². The Balaban J connectivity index is 0.00000288. The van der Waals surface area contributed by atoms with Crippen molar-refractivity contribution in [2.75, 3.05) is 13.1 Å². The Hall–Kier alpha value is -1.84. The first-order valence-corrected chi connectivity index (χ1v) is 8.17. The summed E-state index contributed by atoms with van der Waals surface area (Å²) in [5, 5.41) is 0. The highest BCUT2D eigenvalue weighted by Crippen LogP contribution is 2.14. The lowest BCUT2D eigenvalue weighted by atomic mass is 10.1. The van der Waals surface area contributed by atoms with Gasteiger partial charge in [0.05, 0.1) is 5.56 Å². The number of ether oxygens (including phenoxy) is 1. The van der Waals surface area contributed by atoms with Gasteiger partial charge in [0.1, 0.15) is 6.61 Å². The van der Waals surface area contributed by atoms with Crippen LogP contribution in [0.3, 0.4) is 0 Å². The second-order valence-electron chi connectivity index (χ2n) is 5.67. The largest absolute Gasteiger partial charge is 0.457 e. The zero-order valence-corrected chi connectivity index (χ0v) is 15.4. The van der Waals surface area contributed by atoms with Crippen molar-refractivity contribution >= 4 is 18.4 Å². The van der Waals surface area contributed by atoms with Crippen molar-refractivity contribution in [3.63, 3.8) is 0 Å². The van der Waals surface area contributed by atoms with Crippen LogP contribution in [0.1, 0.15) is 40.9 Å². The van der Waals surface area contributed by atoms with Crippen molar-refractivity contribution in [1.29, 1.82) is 0 Å². The molecule has 0 unspecified atom stereocenters. The van der Waals surface area contributed by atoms with Crippen molar-refractivity contribution < 1.29 is 9.53 Å². The van der Waals surface area contributed by atoms with Crippen molar-refractivity contribution in [3.8, 4) is 0 Å². The van der Waals surface area contributed by atoms with Crippen LogP contribution < -0.4 is 0 Å². The Kier molecular flexibility index (Phi) is 8.51. The molecule has 0 bridgehead atoms. The van der Waals surface area contributed by atoms with Gasteiger partial charge in [-0.2, -0.15) is 0 Å². The molecule has 0 N–H and O–H groups in total. The predicted octanol–water partition coefficient (Wildman–Crippen LogP) is 4.62. The molecular formula is C20H26ClNO2. The molecule has 0 aromatic heterocycles. The monoisotopic (exact) mass is 347 g/mol. The van der Waals surface area contributed by atoms with Gasteiger partial charge in [0.15, 0.2) is 0 Å². The van der Waals surface area contributed by atoms with Gasteiger partial charge in [-0.05, 0) is 43.3 Å². The third-order valence-electron chi connectivity index (χ3n) is 4.05. The maximum absolute atomic E-state index is 12.1. The lowest BCUT2D eigenvalue weighted by Gasteiger charge is -2.20. The van der Waals surface area contributed by atoms with Crippen LogP contribution in [-0.4, -0.2) is 24.0 Å². The van der Waals surface area contributed by atoms with Gasteiger partial charge in [0.25, 0.3) is 0 Å². The summed E-state index contributed by atoms with van der Waals surface area (Å²) in [6, 6.07) is 15.6. The van der Waals surface area contributed by atoms with E-state index in [1.807, 2.05) is 37.3 Å². The molecule has 0 saturated heterocycles. The molecule has 2 aromatic rings. The molecule has 2 aromatic carbocycles. The molecule has 0 spiro atoms. The molecule has 0 radical (unpaired) electrons. The molecule has 2 rings (SSSR count). The molecule has 0 fully saturated rings. The summed E-state index contributed by atoms with van der Waals surface area (Å²) in [6.07, 6.45) is 0. The van der Waals surface area contributed by atoms with Crippen molar-refractivity contribution in [1.82, 2.24) is 4.90 Å². The Bertz CT molecular complexity index is 636. The average molecular weight is 348 g/mol. The molecule has 0 aliphatic heterocycles. The molecule has 130 valence electrons. The van der Waals surface area contributed by atoms with E-state index in [2.05, 4.69) is 24.8 Å². The number of carbonyl (C=O) groups excluding carboxylic acids is 1. The standard InChI is InChI=1S/C20H25NO2.ClH/c1-4-21(5-2)14-18-8-6-7-9-19(18)15-23-20(22)17-12-10-16(3)11-13-17;/h6-13H,4-5,14-15H2,1-3H3;1H. The Morgan fingerprint density at radius 1 is 0.958 bits per heavy atom. The van der Waals surface area contributed by atoms with Crippen LogP contribution in [0.25, 0.3) is 0 Å². The van der Waals surface area contributed by atoms with Gasteiger partial charge in [-0.25, -0.2) is 4.79 Å². The first-order valence-electron chi connectivity index (χ1n) is 8.17. The zero-order valence-electron chi connectivity index (χ0n) is 14.6. The Morgan fingerprint density at radius 2 is 1.54 bits per heavy atom. The van der Waals surface area contributed by atoms with Crippen LogP contribution >= 0.6 is 12.4 Å². The molecule has 0 saturated carbocycles. The second kappa shape index (κ2) is 10.1. The number of hydrogen-bond acceptors (Lipinski definition) is 3. The van der Waals surface area contributed by atoms with Gasteiger partial charge in [-0.15, -0.1) is 12.4 Å². The van der Waals surface area contributed by atoms with Crippen molar-refractivity contribution in [3.05, 3.63) is 70.8 Å². The zero-order chi connectivity index (χ0) is 16.7. The van der Waals surface area contributed by atoms with E-state index in [0.717, 1.165) is 30.8 Å². The summed E-state index contributed by atoms with van der Waals surface area (Å²) in [7, 11) is 0. The number of nitrogens with zero attached hydrogens (tertiary/aromatic N) is 1. The van der Waals surface area contributed by atoms with Gasteiger partial charge in [0, 0.05) is 6.54 Å². The van der Waals surface area contributed by atoms with E-state index in [-0.39, 0.29) is 18.4 Å². The third kappa shape index (κ3) is 5.66. The first kappa shape index (κ1) is 20.2. The topological polar surface area (TPSA) is 29.5 Å². The predicted molar refractivity (Wildman–Crippen MR) is 101 cm³/mol. The Morgan fingerprint density at radius 3 is 2.12 bits per heavy atom. The maximum Gasteiger partial charge on any atom is 0.338 e. The number of hydrogen-bond donors (Lipinski definition) is 0. The van der Waals surface area contributed by atoms with Gasteiger partial charge >= 0.3 is 5.97 Å². The van der Waals surface area contributed by atoms with Crippen molar-refractivity contribution in [2.24, 2.45) is 0 Å². The molecule has 24 heavy (non-hydrogen) atoms. The molecule has 4 heteroatoms. The molecular weight excluding hydrogens is 322 g/mol. The summed E-state index contributed by atoms with van der Waals surface area (Å²) in [4.78, 5) is 14.5. The lowest BCUT2D eigenvalue weighted by Crippen LogP contribution is -2.23. The average Bonchev–Trinajstić information content (AvgIpc) is 2.59. The quantitative estimate of drug-likeness (QED) is 0.685. The second-order valence-corrected chi connectivity index (χ2v) is 5.67. The summed E-state index contributed by atoms with van der Waals surface area (Å²) in [5.41, 5.74) is 4.01. The number of esters is 1. The summed E-state index contributed by atoms with van der Waals surface area (Å²) >= 11 is 0. The molecule has 0 aliphatic rings. The maximum atomic E-state index is 12.1. The SMILES string of the molecule is CCN(CC)Cc1ccccc1COC(=O)c1ccc(C)cc1.Cl. The van der Waals surface area contributed by atoms with Gasteiger partial charge in [-0.3, -0.25) is 4.90 Å². The fraction of sp³-hybridized carbons (Fsp3) is 0.350. The summed E-state index contributed by atoms with van der Waals surface area (Å²) < 4.78 is 5.49. The molecule has 0 aliphatic carbocycles. The number of rotatable bonds is 7. The molecule has 0 atom stereocenters. The van der Waals surface area contributed by atoms with Gasteiger partial charge < -0.3 is 4.74 Å². The number of aryl methyl sites for hydroxylation is 1. The van der Waals surface area contributed by atoms with Crippen LogP contribution in [0.4, 0.5) is 0 Å². The minimum atomic E-state index is -0.275. The normalized spacial score (nSPS) is 10.3. The van der Waals surface area contributed by atoms with E-state index in [1.54, 1.807) is 12.1 Å². The lowest BCUT2D eigenvalue weighted by molar-refractivity contribution is 0.0471. The van der Waals surface area contributed by atoms with E-state index in [4.69, 9.17) is 4.74 Å². The third-order valence-corrected chi connectivity index (χ3v) is 4.05. The molecule has 0 heterocycles. The van der Waals surface area contributed by atoms with Gasteiger partial charge in [0.2, 0.25) is 0 Å². The number of halogens is 1. The fourth-order valence-electron chi connectivity index (χ4n) is 2.46. The summed E-state index contributed by atoms with van der Waals surface area (Å²) in [5.74, 6) is -0.275. The van der Waals surface area contributed by atoms with E-state index < -0.39 is 0 Å². The van der Waals surface area contributed by atoms with Gasteiger partial charge in [-0.1, -0.05) is 55.8 Å². The van der Waals surface area contributed by atoms with Crippen molar-refractivity contribution in [2.45, 2.75) is 33.9 Å². The van der Waals surface area contributed by atoms with Crippen LogP contribution in [-0.2, 0) is 17.9 Å². The highest BCUT2D eigenvalue weighted by Gasteiger charge is 2.10. The minimum Gasteiger partial charge on any atom is -0.457 e. The first-order chi connectivity index (χ1) is 11.1. The molecule has 0 amide bonds. The van der Waals surface area contributed by atoms with Crippen LogP contribution in [0.5, 0.6) is 0 Å². The highest BCUT2D eigenvalue weighted by atomic mass is 35.5. The van der Waals surface area contributed by atoms with E-state index >= 15 is 0 Å².